The van der Waals surface area contributed by atoms with Crippen LogP contribution >= 0.6 is 11.3 Å². The number of aryl methyl sites for hydroxylation is 1. The van der Waals surface area contributed by atoms with Gasteiger partial charge in [-0.05, 0) is 12.5 Å². The van der Waals surface area contributed by atoms with Gasteiger partial charge in [0.15, 0.2) is 0 Å². The number of thiophene rings is 1. The molecule has 0 amide bonds. The van der Waals surface area contributed by atoms with Crippen molar-refractivity contribution in [2.75, 3.05) is 11.9 Å². The molecule has 0 saturated carbocycles. The van der Waals surface area contributed by atoms with Crippen LogP contribution in [0.3, 0.4) is 0 Å². The average molecular weight is 247 g/mol. The van der Waals surface area contributed by atoms with Gasteiger partial charge < -0.3 is 10.4 Å². The summed E-state index contributed by atoms with van der Waals surface area (Å²) in [5.74, 6) is 2.07. The van der Waals surface area contributed by atoms with Gasteiger partial charge in [0.1, 0.15) is 21.9 Å². The van der Waals surface area contributed by atoms with E-state index in [-0.39, 0.29) is 4.88 Å². The zero-order chi connectivity index (χ0) is 12.4. The van der Waals surface area contributed by atoms with Gasteiger partial charge in [-0.1, -0.05) is 5.92 Å². The second-order valence-corrected chi connectivity index (χ2v) is 4.32. The summed E-state index contributed by atoms with van der Waals surface area (Å²) >= 11 is 1.14. The number of fused-ring (bicyclic) bond motifs is 1. The minimum atomic E-state index is -0.951. The number of hydrogen-bond acceptors (Lipinski definition) is 5. The molecule has 2 aromatic heterocycles. The Morgan fingerprint density at radius 3 is 3.06 bits per heavy atom. The van der Waals surface area contributed by atoms with E-state index in [9.17, 15) is 4.79 Å². The number of aromatic nitrogens is 2. The Hall–Kier alpha value is -2.13. The minimum absolute atomic E-state index is 0.282. The maximum atomic E-state index is 11.0. The van der Waals surface area contributed by atoms with E-state index < -0.39 is 5.97 Å². The van der Waals surface area contributed by atoms with Crippen molar-refractivity contribution in [2.24, 2.45) is 0 Å². The van der Waals surface area contributed by atoms with Gasteiger partial charge in [-0.2, -0.15) is 0 Å². The lowest BCUT2D eigenvalue weighted by molar-refractivity contribution is 0.0701. The van der Waals surface area contributed by atoms with Crippen LogP contribution in [0.2, 0.25) is 0 Å². The Kier molecular flexibility index (Phi) is 2.93. The molecule has 2 N–H and O–H groups in total. The number of terminal acetylenes is 1. The van der Waals surface area contributed by atoms with Crippen molar-refractivity contribution in [1.29, 1.82) is 0 Å². The zero-order valence-corrected chi connectivity index (χ0v) is 9.84. The highest BCUT2D eigenvalue weighted by atomic mass is 32.1. The van der Waals surface area contributed by atoms with Crippen molar-refractivity contribution >= 4 is 33.3 Å². The second kappa shape index (κ2) is 4.39. The quantitative estimate of drug-likeness (QED) is 0.808. The topological polar surface area (TPSA) is 75.1 Å². The highest BCUT2D eigenvalue weighted by Crippen LogP contribution is 2.32. The number of nitrogens with one attached hydrogen (secondary N) is 1. The third kappa shape index (κ3) is 1.92. The molecule has 0 bridgehead atoms. The molecule has 0 saturated heterocycles. The van der Waals surface area contributed by atoms with Gasteiger partial charge >= 0.3 is 5.97 Å². The monoisotopic (exact) mass is 247 g/mol. The summed E-state index contributed by atoms with van der Waals surface area (Å²) in [4.78, 5) is 20.1. The number of anilines is 1. The number of carboxylic acids is 1. The van der Waals surface area contributed by atoms with Gasteiger partial charge in [0.2, 0.25) is 0 Å². The van der Waals surface area contributed by atoms with Crippen LogP contribution < -0.4 is 5.32 Å². The molecule has 0 atom stereocenters. The molecule has 0 fully saturated rings. The van der Waals surface area contributed by atoms with Gasteiger partial charge in [0.25, 0.3) is 0 Å². The van der Waals surface area contributed by atoms with Gasteiger partial charge in [-0.25, -0.2) is 14.8 Å². The first-order valence-electron chi connectivity index (χ1n) is 4.80. The Labute approximate surface area is 102 Å². The highest BCUT2D eigenvalue weighted by Gasteiger charge is 2.18. The fourth-order valence-corrected chi connectivity index (χ4v) is 2.53. The van der Waals surface area contributed by atoms with Crippen molar-refractivity contribution in [2.45, 2.75) is 6.92 Å². The first-order valence-corrected chi connectivity index (χ1v) is 5.61. The number of carbonyl (C=O) groups is 1. The zero-order valence-electron chi connectivity index (χ0n) is 9.02. The molecule has 2 heterocycles. The lowest BCUT2D eigenvalue weighted by atomic mass is 10.2. The summed E-state index contributed by atoms with van der Waals surface area (Å²) in [6, 6.07) is 0. The summed E-state index contributed by atoms with van der Waals surface area (Å²) in [6.45, 7) is 2.08. The molecule has 17 heavy (non-hydrogen) atoms. The van der Waals surface area contributed by atoms with E-state index >= 15 is 0 Å². The van der Waals surface area contributed by atoms with Gasteiger partial charge in [0.05, 0.1) is 11.9 Å². The largest absolute Gasteiger partial charge is 0.477 e. The van der Waals surface area contributed by atoms with Crippen LogP contribution in [0, 0.1) is 19.3 Å². The SMILES string of the molecule is C#CCNc1ncnc2sc(C(=O)O)c(C)c12. The van der Waals surface area contributed by atoms with Crippen LogP contribution in [0.5, 0.6) is 0 Å². The Bertz CT molecular complexity index is 627. The molecule has 0 spiro atoms. The van der Waals surface area contributed by atoms with E-state index in [4.69, 9.17) is 11.5 Å². The second-order valence-electron chi connectivity index (χ2n) is 3.32. The smallest absolute Gasteiger partial charge is 0.346 e. The Morgan fingerprint density at radius 2 is 2.41 bits per heavy atom. The fourth-order valence-electron chi connectivity index (χ4n) is 1.54. The lowest BCUT2D eigenvalue weighted by Crippen LogP contribution is -2.02. The number of carboxylic acid groups (broad SMARTS) is 1. The molecule has 0 aliphatic rings. The summed E-state index contributed by atoms with van der Waals surface area (Å²) < 4.78 is 0. The van der Waals surface area contributed by atoms with Crippen molar-refractivity contribution in [3.05, 3.63) is 16.8 Å². The molecule has 6 heteroatoms. The maximum Gasteiger partial charge on any atom is 0.346 e. The molecular formula is C11H9N3O2S. The van der Waals surface area contributed by atoms with E-state index in [1.165, 1.54) is 6.33 Å². The van der Waals surface area contributed by atoms with E-state index in [2.05, 4.69) is 21.2 Å². The Balaban J connectivity index is 2.63. The van der Waals surface area contributed by atoms with Crippen LogP contribution in [-0.2, 0) is 0 Å². The summed E-state index contributed by atoms with van der Waals surface area (Å²) in [6.07, 6.45) is 6.56. The number of nitrogens with zero attached hydrogens (tertiary/aromatic N) is 2. The van der Waals surface area contributed by atoms with Crippen LogP contribution in [0.4, 0.5) is 5.82 Å². The van der Waals surface area contributed by atoms with Crippen LogP contribution in [0.1, 0.15) is 15.2 Å². The summed E-state index contributed by atoms with van der Waals surface area (Å²) in [5.41, 5.74) is 0.664. The summed E-state index contributed by atoms with van der Waals surface area (Å²) in [7, 11) is 0. The fraction of sp³-hybridized carbons (Fsp3) is 0.182. The average Bonchev–Trinajstić information content (AvgIpc) is 2.65. The molecule has 0 aromatic carbocycles. The van der Waals surface area contributed by atoms with E-state index in [1.54, 1.807) is 6.92 Å². The van der Waals surface area contributed by atoms with Crippen molar-refractivity contribution in [3.63, 3.8) is 0 Å². The predicted molar refractivity (Wildman–Crippen MR) is 66.4 cm³/mol. The van der Waals surface area contributed by atoms with Gasteiger partial charge in [-0.15, -0.1) is 17.8 Å². The number of rotatable bonds is 3. The van der Waals surface area contributed by atoms with Crippen molar-refractivity contribution < 1.29 is 9.90 Å². The molecule has 2 rings (SSSR count). The molecule has 86 valence electrons. The standard InChI is InChI=1S/C11H9N3O2S/c1-3-4-12-9-7-6(2)8(11(15)16)17-10(7)14-5-13-9/h1,5H,4H2,2H3,(H,15,16)(H,12,13,14). The lowest BCUT2D eigenvalue weighted by Gasteiger charge is -2.03. The predicted octanol–water partition coefficient (Wildman–Crippen LogP) is 1.74. The van der Waals surface area contributed by atoms with Crippen molar-refractivity contribution in [1.82, 2.24) is 9.97 Å². The van der Waals surface area contributed by atoms with Crippen LogP contribution in [0.25, 0.3) is 10.2 Å². The number of aromatic carboxylic acids is 1. The molecule has 0 unspecified atom stereocenters. The molecule has 2 aromatic rings. The van der Waals surface area contributed by atoms with Crippen LogP contribution in [0.15, 0.2) is 6.33 Å². The summed E-state index contributed by atoms with van der Waals surface area (Å²) in [5, 5.41) is 12.7. The highest BCUT2D eigenvalue weighted by molar-refractivity contribution is 7.20. The van der Waals surface area contributed by atoms with Crippen molar-refractivity contribution in [3.8, 4) is 12.3 Å². The Morgan fingerprint density at radius 1 is 1.65 bits per heavy atom. The third-order valence-electron chi connectivity index (χ3n) is 2.28. The number of hydrogen-bond donors (Lipinski definition) is 2. The first-order chi connectivity index (χ1) is 8.15. The molecule has 5 nitrogen and oxygen atoms in total. The normalized spacial score (nSPS) is 10.1. The van der Waals surface area contributed by atoms with E-state index in [1.807, 2.05) is 0 Å². The molecule has 0 radical (unpaired) electrons. The van der Waals surface area contributed by atoms with Gasteiger partial charge in [0, 0.05) is 0 Å². The molecular weight excluding hydrogens is 238 g/mol. The first kappa shape index (κ1) is 11.4. The van der Waals surface area contributed by atoms with E-state index in [0.29, 0.717) is 22.8 Å². The van der Waals surface area contributed by atoms with Crippen LogP contribution in [-0.4, -0.2) is 27.6 Å². The van der Waals surface area contributed by atoms with E-state index in [0.717, 1.165) is 16.7 Å². The minimum Gasteiger partial charge on any atom is -0.477 e. The maximum absolute atomic E-state index is 11.0. The van der Waals surface area contributed by atoms with Gasteiger partial charge in [-0.3, -0.25) is 0 Å². The molecule has 0 aliphatic heterocycles. The third-order valence-corrected chi connectivity index (χ3v) is 3.47. The molecule has 0 aliphatic carbocycles.